The number of carboxylic acids is 1. The van der Waals surface area contributed by atoms with Gasteiger partial charge in [0, 0.05) is 25.0 Å². The number of aromatic nitrogens is 1. The zero-order valence-corrected chi connectivity index (χ0v) is 9.80. The van der Waals surface area contributed by atoms with E-state index in [9.17, 15) is 9.59 Å². The maximum absolute atomic E-state index is 11.2. The molecule has 5 heteroatoms. The van der Waals surface area contributed by atoms with Crippen molar-refractivity contribution in [2.45, 2.75) is 26.8 Å². The molecule has 1 heterocycles. The monoisotopic (exact) mass is 234 g/mol. The second-order valence-electron chi connectivity index (χ2n) is 4.51. The average Bonchev–Trinajstić information content (AvgIpc) is 2.27. The van der Waals surface area contributed by atoms with Crippen LogP contribution in [0.15, 0.2) is 23.3 Å². The largest absolute Gasteiger partial charge is 0.477 e. The van der Waals surface area contributed by atoms with Gasteiger partial charge in [-0.2, -0.15) is 5.26 Å². The van der Waals surface area contributed by atoms with E-state index in [0.29, 0.717) is 13.0 Å². The first-order valence-corrected chi connectivity index (χ1v) is 5.20. The van der Waals surface area contributed by atoms with E-state index in [1.807, 2.05) is 13.8 Å². The van der Waals surface area contributed by atoms with E-state index in [0.717, 1.165) is 0 Å². The molecule has 0 amide bonds. The van der Waals surface area contributed by atoms with Gasteiger partial charge in [-0.1, -0.05) is 0 Å². The van der Waals surface area contributed by atoms with Crippen LogP contribution in [0.3, 0.4) is 0 Å². The van der Waals surface area contributed by atoms with Gasteiger partial charge in [-0.15, -0.1) is 0 Å². The van der Waals surface area contributed by atoms with Gasteiger partial charge in [0.25, 0.3) is 0 Å². The topological polar surface area (TPSA) is 83.1 Å². The van der Waals surface area contributed by atoms with Crippen molar-refractivity contribution < 1.29 is 9.90 Å². The minimum atomic E-state index is -1.23. The fourth-order valence-electron chi connectivity index (χ4n) is 1.29. The molecule has 0 aliphatic heterocycles. The molecule has 1 rings (SSSR count). The van der Waals surface area contributed by atoms with E-state index in [1.54, 1.807) is 4.57 Å². The van der Waals surface area contributed by atoms with Crippen LogP contribution in [0.2, 0.25) is 0 Å². The number of carbonyl (C=O) groups is 1. The van der Waals surface area contributed by atoms with Gasteiger partial charge in [0.05, 0.1) is 11.5 Å². The summed E-state index contributed by atoms with van der Waals surface area (Å²) in [6.07, 6.45) is 3.42. The molecule has 0 aliphatic rings. The first kappa shape index (κ1) is 13.0. The summed E-state index contributed by atoms with van der Waals surface area (Å²) in [5, 5.41) is 17.7. The van der Waals surface area contributed by atoms with Crippen LogP contribution in [0.1, 0.15) is 30.6 Å². The van der Waals surface area contributed by atoms with Crippen LogP contribution in [0.25, 0.3) is 0 Å². The molecular formula is C12H14N2O3. The van der Waals surface area contributed by atoms with E-state index in [2.05, 4.69) is 6.07 Å². The molecule has 1 aromatic heterocycles. The summed E-state index contributed by atoms with van der Waals surface area (Å²) in [4.78, 5) is 22.0. The highest BCUT2D eigenvalue weighted by Crippen LogP contribution is 2.19. The third-order valence-corrected chi connectivity index (χ3v) is 2.51. The predicted molar refractivity (Wildman–Crippen MR) is 61.7 cm³/mol. The van der Waals surface area contributed by atoms with Crippen LogP contribution >= 0.6 is 0 Å². The second-order valence-corrected chi connectivity index (χ2v) is 4.51. The van der Waals surface area contributed by atoms with Crippen molar-refractivity contribution in [3.8, 4) is 6.07 Å². The summed E-state index contributed by atoms with van der Waals surface area (Å²) >= 11 is 0. The summed E-state index contributed by atoms with van der Waals surface area (Å²) < 4.78 is 1.62. The van der Waals surface area contributed by atoms with Crippen LogP contribution in [0, 0.1) is 16.7 Å². The molecule has 1 aromatic rings. The van der Waals surface area contributed by atoms with Crippen LogP contribution in [0.4, 0.5) is 0 Å². The Morgan fingerprint density at radius 1 is 1.59 bits per heavy atom. The Labute approximate surface area is 98.9 Å². The highest BCUT2D eigenvalue weighted by molar-refractivity contribution is 5.86. The van der Waals surface area contributed by atoms with Crippen LogP contribution in [-0.4, -0.2) is 15.6 Å². The number of rotatable bonds is 4. The molecule has 1 N–H and O–H groups in total. The Hall–Kier alpha value is -2.09. The molecule has 0 atom stereocenters. The minimum absolute atomic E-state index is 0.248. The number of aryl methyl sites for hydroxylation is 1. The third kappa shape index (κ3) is 3.45. The van der Waals surface area contributed by atoms with Gasteiger partial charge in [0.1, 0.15) is 5.56 Å². The summed E-state index contributed by atoms with van der Waals surface area (Å²) in [6.45, 7) is 4.13. The SMILES string of the molecule is CC(C)(C#N)CCn1ccc(=O)c(C(=O)O)c1. The molecule has 0 spiro atoms. The van der Waals surface area contributed by atoms with Crippen molar-refractivity contribution in [1.29, 1.82) is 5.26 Å². The van der Waals surface area contributed by atoms with Crippen molar-refractivity contribution in [2.75, 3.05) is 0 Å². The average molecular weight is 234 g/mol. The quantitative estimate of drug-likeness (QED) is 0.855. The molecule has 5 nitrogen and oxygen atoms in total. The van der Waals surface area contributed by atoms with E-state index in [1.165, 1.54) is 18.5 Å². The highest BCUT2D eigenvalue weighted by Gasteiger charge is 2.16. The summed E-state index contributed by atoms with van der Waals surface area (Å²) in [5.41, 5.74) is -1.22. The Kier molecular flexibility index (Phi) is 3.69. The van der Waals surface area contributed by atoms with Crippen LogP contribution in [0.5, 0.6) is 0 Å². The standard InChI is InChI=1S/C12H14N2O3/c1-12(2,8-13)4-6-14-5-3-10(15)9(7-14)11(16)17/h3,5,7H,4,6H2,1-2H3,(H,16,17). The van der Waals surface area contributed by atoms with Crippen LogP contribution < -0.4 is 5.43 Å². The highest BCUT2D eigenvalue weighted by atomic mass is 16.4. The Morgan fingerprint density at radius 2 is 2.24 bits per heavy atom. The number of nitrogens with zero attached hydrogens (tertiary/aromatic N) is 2. The first-order valence-electron chi connectivity index (χ1n) is 5.20. The fourth-order valence-corrected chi connectivity index (χ4v) is 1.29. The number of hydrogen-bond donors (Lipinski definition) is 1. The van der Waals surface area contributed by atoms with E-state index >= 15 is 0 Å². The molecule has 0 saturated heterocycles. The fraction of sp³-hybridized carbons (Fsp3) is 0.417. The number of hydrogen-bond acceptors (Lipinski definition) is 3. The lowest BCUT2D eigenvalue weighted by molar-refractivity contribution is 0.0694. The van der Waals surface area contributed by atoms with Gasteiger partial charge in [-0.25, -0.2) is 4.79 Å². The zero-order chi connectivity index (χ0) is 13.1. The molecule has 0 radical (unpaired) electrons. The van der Waals surface area contributed by atoms with Gasteiger partial charge in [0.15, 0.2) is 5.43 Å². The predicted octanol–water partition coefficient (Wildman–Crippen LogP) is 1.49. The van der Waals surface area contributed by atoms with Crippen LogP contribution in [-0.2, 0) is 6.54 Å². The Bertz CT molecular complexity index is 523. The minimum Gasteiger partial charge on any atom is -0.477 e. The molecule has 0 fully saturated rings. The van der Waals surface area contributed by atoms with Gasteiger partial charge in [0.2, 0.25) is 0 Å². The molecule has 0 aliphatic carbocycles. The lowest BCUT2D eigenvalue weighted by atomic mass is 9.91. The molecule has 90 valence electrons. The van der Waals surface area contributed by atoms with Crippen molar-refractivity contribution in [3.05, 3.63) is 34.2 Å². The summed E-state index contributed by atoms with van der Waals surface area (Å²) in [7, 11) is 0. The Morgan fingerprint density at radius 3 is 2.76 bits per heavy atom. The zero-order valence-electron chi connectivity index (χ0n) is 9.80. The maximum Gasteiger partial charge on any atom is 0.341 e. The number of nitriles is 1. The van der Waals surface area contributed by atoms with Gasteiger partial charge in [-0.05, 0) is 20.3 Å². The number of pyridine rings is 1. The smallest absolute Gasteiger partial charge is 0.341 e. The molecule has 0 saturated carbocycles. The third-order valence-electron chi connectivity index (χ3n) is 2.51. The van der Waals surface area contributed by atoms with Crippen molar-refractivity contribution in [3.63, 3.8) is 0 Å². The van der Waals surface area contributed by atoms with Crippen molar-refractivity contribution >= 4 is 5.97 Å². The summed E-state index contributed by atoms with van der Waals surface area (Å²) in [5.74, 6) is -1.23. The van der Waals surface area contributed by atoms with E-state index in [4.69, 9.17) is 10.4 Å². The Balaban J connectivity index is 2.88. The molecule has 17 heavy (non-hydrogen) atoms. The van der Waals surface area contributed by atoms with E-state index < -0.39 is 16.8 Å². The molecule has 0 aromatic carbocycles. The molecule has 0 bridgehead atoms. The number of aromatic carboxylic acids is 1. The van der Waals surface area contributed by atoms with E-state index in [-0.39, 0.29) is 5.56 Å². The maximum atomic E-state index is 11.2. The first-order chi connectivity index (χ1) is 7.85. The van der Waals surface area contributed by atoms with Crippen molar-refractivity contribution in [1.82, 2.24) is 4.57 Å². The van der Waals surface area contributed by atoms with Gasteiger partial charge in [-0.3, -0.25) is 4.79 Å². The summed E-state index contributed by atoms with van der Waals surface area (Å²) in [6, 6.07) is 3.39. The second kappa shape index (κ2) is 4.83. The normalized spacial score (nSPS) is 10.9. The van der Waals surface area contributed by atoms with Gasteiger partial charge >= 0.3 is 5.97 Å². The lowest BCUT2D eigenvalue weighted by Gasteiger charge is -2.16. The molecule has 0 unspecified atom stereocenters. The lowest BCUT2D eigenvalue weighted by Crippen LogP contribution is -2.18. The number of carboxylic acid groups (broad SMARTS) is 1. The van der Waals surface area contributed by atoms with Crippen molar-refractivity contribution in [2.24, 2.45) is 5.41 Å². The van der Waals surface area contributed by atoms with Gasteiger partial charge < -0.3 is 9.67 Å². The molecular weight excluding hydrogens is 220 g/mol.